The second kappa shape index (κ2) is 16.3. The zero-order valence-corrected chi connectivity index (χ0v) is 28.9. The standard InChI is InChI=1S/C40H46ClN3O4/c1-4-28-12-8-15-31(24-28)37-35(17-9-18-36(37)41)40(47,21-11-22-43-39(46)48-3)32-16-10-23-44(27-32)38(45)33-20-19-29(26-42-2)25-34(33)30-13-6-5-7-14-30/h5-9,12-15,17-20,24-25,32,42,47H,4,10-11,16,21-23,26-27H2,1-3H3,(H,43,46)/t32-,40+/m1/s1. The van der Waals surface area contributed by atoms with Gasteiger partial charge in [-0.15, -0.1) is 0 Å². The van der Waals surface area contributed by atoms with E-state index in [4.69, 9.17) is 16.3 Å². The molecule has 0 bridgehead atoms. The van der Waals surface area contributed by atoms with E-state index in [9.17, 15) is 14.7 Å². The lowest BCUT2D eigenvalue weighted by Gasteiger charge is -2.44. The minimum atomic E-state index is -1.34. The van der Waals surface area contributed by atoms with Gasteiger partial charge in [0, 0.05) is 48.2 Å². The van der Waals surface area contributed by atoms with Crippen LogP contribution in [0.25, 0.3) is 22.3 Å². The molecule has 0 aromatic heterocycles. The number of rotatable bonds is 12. The molecule has 2 amide bonds. The van der Waals surface area contributed by atoms with E-state index in [2.05, 4.69) is 35.8 Å². The fourth-order valence-electron chi connectivity index (χ4n) is 6.97. The number of benzene rings is 4. The van der Waals surface area contributed by atoms with E-state index in [0.717, 1.165) is 52.6 Å². The predicted octanol–water partition coefficient (Wildman–Crippen LogP) is 7.83. The summed E-state index contributed by atoms with van der Waals surface area (Å²) in [5.74, 6) is -0.324. The molecule has 0 aliphatic carbocycles. The smallest absolute Gasteiger partial charge is 0.406 e. The number of nitrogens with one attached hydrogen (secondary N) is 2. The Morgan fingerprint density at radius 1 is 0.979 bits per heavy atom. The van der Waals surface area contributed by atoms with Crippen molar-refractivity contribution in [1.29, 1.82) is 0 Å². The molecule has 5 rings (SSSR count). The van der Waals surface area contributed by atoms with Crippen molar-refractivity contribution in [2.75, 3.05) is 33.8 Å². The zero-order valence-electron chi connectivity index (χ0n) is 28.1. The van der Waals surface area contributed by atoms with Crippen molar-refractivity contribution in [3.8, 4) is 22.3 Å². The van der Waals surface area contributed by atoms with Crippen LogP contribution in [0.4, 0.5) is 4.79 Å². The summed E-state index contributed by atoms with van der Waals surface area (Å²) in [6.45, 7) is 4.13. The lowest BCUT2D eigenvalue weighted by molar-refractivity contribution is -0.0563. The van der Waals surface area contributed by atoms with Gasteiger partial charge in [-0.1, -0.05) is 91.3 Å². The summed E-state index contributed by atoms with van der Waals surface area (Å²) in [5, 5.41) is 19.5. The normalized spacial score (nSPS) is 15.9. The topological polar surface area (TPSA) is 90.9 Å². The Morgan fingerprint density at radius 3 is 2.50 bits per heavy atom. The number of likely N-dealkylation sites (tertiary alicyclic amines) is 1. The number of aliphatic hydroxyl groups is 1. The SMILES string of the molecule is CCc1cccc(-c2c(Cl)cccc2[C@](O)(CCCNC(=O)OC)[C@@H]2CCCN(C(=O)c3ccc(CNC)cc3-c3ccccc3)C2)c1. The highest BCUT2D eigenvalue weighted by Gasteiger charge is 2.43. The minimum absolute atomic E-state index is 0.0498. The molecule has 0 radical (unpaired) electrons. The van der Waals surface area contributed by atoms with E-state index in [0.29, 0.717) is 49.6 Å². The third kappa shape index (κ3) is 7.92. The van der Waals surface area contributed by atoms with Crippen LogP contribution in [0.1, 0.15) is 59.7 Å². The van der Waals surface area contributed by atoms with Crippen LogP contribution in [0, 0.1) is 5.92 Å². The first-order valence-corrected chi connectivity index (χ1v) is 17.2. The number of piperidine rings is 1. The van der Waals surface area contributed by atoms with Crippen molar-refractivity contribution < 1.29 is 19.4 Å². The fraction of sp³-hybridized carbons (Fsp3) is 0.350. The van der Waals surface area contributed by atoms with E-state index < -0.39 is 11.7 Å². The Morgan fingerprint density at radius 2 is 1.75 bits per heavy atom. The average molecular weight is 668 g/mol. The molecular formula is C40H46ClN3O4. The summed E-state index contributed by atoms with van der Waals surface area (Å²) in [5.41, 5.74) is 5.94. The number of amides is 2. The molecule has 1 fully saturated rings. The van der Waals surface area contributed by atoms with Gasteiger partial charge in [0.05, 0.1) is 12.7 Å². The number of carbonyl (C=O) groups is 2. The van der Waals surface area contributed by atoms with Crippen molar-refractivity contribution in [3.63, 3.8) is 0 Å². The molecule has 1 heterocycles. The molecule has 2 atom stereocenters. The molecule has 48 heavy (non-hydrogen) atoms. The van der Waals surface area contributed by atoms with Gasteiger partial charge in [0.1, 0.15) is 0 Å². The summed E-state index contributed by atoms with van der Waals surface area (Å²) in [7, 11) is 3.24. The largest absolute Gasteiger partial charge is 0.453 e. The molecule has 4 aromatic rings. The van der Waals surface area contributed by atoms with E-state index in [1.165, 1.54) is 12.7 Å². The number of carbonyl (C=O) groups excluding carboxylic acids is 2. The van der Waals surface area contributed by atoms with Gasteiger partial charge < -0.3 is 25.4 Å². The van der Waals surface area contributed by atoms with E-state index in [-0.39, 0.29) is 11.8 Å². The molecule has 1 saturated heterocycles. The second-order valence-electron chi connectivity index (χ2n) is 12.5. The molecule has 3 N–H and O–H groups in total. The number of methoxy groups -OCH3 is 1. The van der Waals surface area contributed by atoms with Crippen molar-refractivity contribution in [1.82, 2.24) is 15.5 Å². The molecule has 8 heteroatoms. The van der Waals surface area contributed by atoms with Crippen LogP contribution in [-0.4, -0.2) is 55.8 Å². The van der Waals surface area contributed by atoms with Crippen molar-refractivity contribution in [2.45, 2.75) is 51.2 Å². The number of halogens is 1. The summed E-state index contributed by atoms with van der Waals surface area (Å²) in [6.07, 6.45) is 2.71. The minimum Gasteiger partial charge on any atom is -0.453 e. The molecule has 252 valence electrons. The summed E-state index contributed by atoms with van der Waals surface area (Å²) >= 11 is 6.94. The van der Waals surface area contributed by atoms with Crippen LogP contribution in [-0.2, 0) is 23.3 Å². The number of aryl methyl sites for hydroxylation is 1. The summed E-state index contributed by atoms with van der Waals surface area (Å²) in [6, 6.07) is 30.0. The highest BCUT2D eigenvalue weighted by molar-refractivity contribution is 6.33. The van der Waals surface area contributed by atoms with E-state index >= 15 is 0 Å². The highest BCUT2D eigenvalue weighted by atomic mass is 35.5. The number of hydrogen-bond donors (Lipinski definition) is 3. The van der Waals surface area contributed by atoms with Gasteiger partial charge >= 0.3 is 6.09 Å². The maximum atomic E-state index is 14.4. The van der Waals surface area contributed by atoms with Gasteiger partial charge in [-0.05, 0) is 90.7 Å². The number of nitrogens with zero attached hydrogens (tertiary/aromatic N) is 1. The molecule has 7 nitrogen and oxygen atoms in total. The molecule has 1 aliphatic heterocycles. The van der Waals surface area contributed by atoms with Crippen LogP contribution < -0.4 is 10.6 Å². The monoisotopic (exact) mass is 667 g/mol. The van der Waals surface area contributed by atoms with Gasteiger partial charge in [0.15, 0.2) is 0 Å². The number of alkyl carbamates (subject to hydrolysis) is 1. The van der Waals surface area contributed by atoms with Gasteiger partial charge in [0.25, 0.3) is 5.91 Å². The predicted molar refractivity (Wildman–Crippen MR) is 193 cm³/mol. The van der Waals surface area contributed by atoms with Crippen molar-refractivity contribution in [2.24, 2.45) is 5.92 Å². The fourth-order valence-corrected chi connectivity index (χ4v) is 7.26. The van der Waals surface area contributed by atoms with E-state index in [1.54, 1.807) is 0 Å². The first kappa shape index (κ1) is 35.1. The van der Waals surface area contributed by atoms with Crippen LogP contribution in [0.3, 0.4) is 0 Å². The van der Waals surface area contributed by atoms with Gasteiger partial charge in [-0.3, -0.25) is 4.79 Å². The Balaban J connectivity index is 1.52. The summed E-state index contributed by atoms with van der Waals surface area (Å²) < 4.78 is 4.77. The van der Waals surface area contributed by atoms with Crippen molar-refractivity contribution >= 4 is 23.6 Å². The van der Waals surface area contributed by atoms with Crippen LogP contribution >= 0.6 is 11.6 Å². The molecule has 0 saturated carbocycles. The number of ether oxygens (including phenoxy) is 1. The third-order valence-electron chi connectivity index (χ3n) is 9.46. The summed E-state index contributed by atoms with van der Waals surface area (Å²) in [4.78, 5) is 28.1. The number of hydrogen-bond acceptors (Lipinski definition) is 5. The average Bonchev–Trinajstić information content (AvgIpc) is 3.13. The Labute approximate surface area is 289 Å². The Bertz CT molecular complexity index is 1710. The molecule has 0 unspecified atom stereocenters. The lowest BCUT2D eigenvalue weighted by Crippen LogP contribution is -2.48. The maximum absolute atomic E-state index is 14.4. The Kier molecular flexibility index (Phi) is 11.9. The first-order valence-electron chi connectivity index (χ1n) is 16.8. The van der Waals surface area contributed by atoms with Gasteiger partial charge in [-0.25, -0.2) is 4.79 Å². The van der Waals surface area contributed by atoms with Gasteiger partial charge in [-0.2, -0.15) is 0 Å². The van der Waals surface area contributed by atoms with Crippen molar-refractivity contribution in [3.05, 3.63) is 118 Å². The highest BCUT2D eigenvalue weighted by Crippen LogP contribution is 2.46. The van der Waals surface area contributed by atoms with Crippen LogP contribution in [0.5, 0.6) is 0 Å². The van der Waals surface area contributed by atoms with Gasteiger partial charge in [0.2, 0.25) is 0 Å². The Hall–Kier alpha value is -4.17. The first-order chi connectivity index (χ1) is 23.3. The zero-order chi connectivity index (χ0) is 34.1. The van der Waals surface area contributed by atoms with E-state index in [1.807, 2.05) is 84.7 Å². The molecule has 0 spiro atoms. The molecule has 1 aliphatic rings. The molecule has 4 aromatic carbocycles. The van der Waals surface area contributed by atoms with Crippen LogP contribution in [0.15, 0.2) is 91.0 Å². The maximum Gasteiger partial charge on any atom is 0.406 e. The van der Waals surface area contributed by atoms with Crippen LogP contribution in [0.2, 0.25) is 5.02 Å². The third-order valence-corrected chi connectivity index (χ3v) is 9.77. The second-order valence-corrected chi connectivity index (χ2v) is 12.9. The quantitative estimate of drug-likeness (QED) is 0.134. The lowest BCUT2D eigenvalue weighted by atomic mass is 9.72. The molecular weight excluding hydrogens is 622 g/mol.